The van der Waals surface area contributed by atoms with E-state index in [1.165, 1.54) is 36.1 Å². The third kappa shape index (κ3) is 7.20. The largest absolute Gasteiger partial charge is 0.373 e. The Bertz CT molecular complexity index is 533. The molecule has 1 saturated heterocycles. The molecule has 146 valence electrons. The summed E-state index contributed by atoms with van der Waals surface area (Å²) in [6, 6.07) is 8.76. The molecule has 1 aromatic carbocycles. The number of unbranched alkanes of at least 4 members (excludes halogenated alkanes) is 1. The fourth-order valence-electron chi connectivity index (χ4n) is 3.28. The Morgan fingerprint density at radius 1 is 1.23 bits per heavy atom. The highest BCUT2D eigenvalue weighted by Crippen LogP contribution is 2.33. The van der Waals surface area contributed by atoms with Crippen molar-refractivity contribution in [1.29, 1.82) is 0 Å². The van der Waals surface area contributed by atoms with Gasteiger partial charge in [0.25, 0.3) is 0 Å². The molecular formula is C21H35N3OS. The molecule has 0 aromatic heterocycles. The maximum atomic E-state index is 6.12. The van der Waals surface area contributed by atoms with E-state index in [-0.39, 0.29) is 6.10 Å². The zero-order chi connectivity index (χ0) is 18.6. The van der Waals surface area contributed by atoms with Crippen LogP contribution in [0.5, 0.6) is 0 Å². The summed E-state index contributed by atoms with van der Waals surface area (Å²) in [5, 5.41) is 6.84. The van der Waals surface area contributed by atoms with Crippen LogP contribution in [0.4, 0.5) is 0 Å². The number of rotatable bonds is 9. The third-order valence-corrected chi connectivity index (χ3v) is 5.44. The van der Waals surface area contributed by atoms with E-state index in [9.17, 15) is 0 Å². The number of thioether (sulfide) groups is 1. The summed E-state index contributed by atoms with van der Waals surface area (Å²) in [7, 11) is 0. The minimum Gasteiger partial charge on any atom is -0.373 e. The fraction of sp³-hybridized carbons (Fsp3) is 0.667. The zero-order valence-electron chi connectivity index (χ0n) is 16.6. The standard InChI is InChI=1S/C21H35N3OS/c1-4-22-21(23-13-5-6-15-26-3)24-16-19-8-7-14-25-20(19)18-11-9-17(2)10-12-18/h9-12,19-20H,4-8,13-16H2,1-3H3,(H2,22,23,24). The van der Waals surface area contributed by atoms with Crippen LogP contribution in [0.15, 0.2) is 29.3 Å². The molecule has 0 aliphatic carbocycles. The lowest BCUT2D eigenvalue weighted by Gasteiger charge is -2.31. The normalized spacial score (nSPS) is 20.8. The summed E-state index contributed by atoms with van der Waals surface area (Å²) >= 11 is 1.91. The summed E-state index contributed by atoms with van der Waals surface area (Å²) in [6.45, 7) is 7.77. The number of aliphatic imine (C=N–C) groups is 1. The molecular weight excluding hydrogens is 342 g/mol. The Morgan fingerprint density at radius 2 is 2.04 bits per heavy atom. The van der Waals surface area contributed by atoms with Crippen LogP contribution in [0, 0.1) is 12.8 Å². The number of hydrogen-bond donors (Lipinski definition) is 2. The number of nitrogens with zero attached hydrogens (tertiary/aromatic N) is 1. The molecule has 0 radical (unpaired) electrons. The molecule has 1 aromatic rings. The number of benzene rings is 1. The van der Waals surface area contributed by atoms with Crippen molar-refractivity contribution in [3.05, 3.63) is 35.4 Å². The molecule has 1 aliphatic rings. The van der Waals surface area contributed by atoms with Crippen LogP contribution in [0.2, 0.25) is 0 Å². The molecule has 0 spiro atoms. The first kappa shape index (κ1) is 21.1. The predicted octanol–water partition coefficient (Wildman–Crippen LogP) is 4.16. The second kappa shape index (κ2) is 12.2. The highest BCUT2D eigenvalue weighted by atomic mass is 32.2. The summed E-state index contributed by atoms with van der Waals surface area (Å²) in [5.41, 5.74) is 2.57. The molecule has 2 N–H and O–H groups in total. The number of guanidine groups is 1. The molecule has 1 aliphatic heterocycles. The molecule has 26 heavy (non-hydrogen) atoms. The first-order chi connectivity index (χ1) is 12.7. The van der Waals surface area contributed by atoms with Crippen molar-refractivity contribution in [3.63, 3.8) is 0 Å². The minimum atomic E-state index is 0.164. The molecule has 2 atom stereocenters. The number of aryl methyl sites for hydroxylation is 1. The van der Waals surface area contributed by atoms with Crippen LogP contribution in [0.3, 0.4) is 0 Å². The van der Waals surface area contributed by atoms with E-state index >= 15 is 0 Å². The highest BCUT2D eigenvalue weighted by Gasteiger charge is 2.27. The van der Waals surface area contributed by atoms with Crippen LogP contribution in [-0.2, 0) is 4.74 Å². The number of ether oxygens (including phenoxy) is 1. The molecule has 4 nitrogen and oxygen atoms in total. The van der Waals surface area contributed by atoms with Crippen molar-refractivity contribution in [2.24, 2.45) is 10.9 Å². The Morgan fingerprint density at radius 3 is 2.77 bits per heavy atom. The second-order valence-corrected chi connectivity index (χ2v) is 7.94. The summed E-state index contributed by atoms with van der Waals surface area (Å²) < 4.78 is 6.12. The van der Waals surface area contributed by atoms with Crippen molar-refractivity contribution >= 4 is 17.7 Å². The van der Waals surface area contributed by atoms with E-state index < -0.39 is 0 Å². The van der Waals surface area contributed by atoms with E-state index in [1.54, 1.807) is 0 Å². The Labute approximate surface area is 163 Å². The van der Waals surface area contributed by atoms with Gasteiger partial charge in [0.05, 0.1) is 6.10 Å². The van der Waals surface area contributed by atoms with Gasteiger partial charge in [-0.2, -0.15) is 11.8 Å². The van der Waals surface area contributed by atoms with E-state index in [4.69, 9.17) is 9.73 Å². The molecule has 0 bridgehead atoms. The Balaban J connectivity index is 1.92. The van der Waals surface area contributed by atoms with Crippen LogP contribution >= 0.6 is 11.8 Å². The lowest BCUT2D eigenvalue weighted by molar-refractivity contribution is -0.0250. The Hall–Kier alpha value is -1.20. The van der Waals surface area contributed by atoms with Crippen molar-refractivity contribution in [2.75, 3.05) is 38.2 Å². The molecule has 2 unspecified atom stereocenters. The van der Waals surface area contributed by atoms with Crippen LogP contribution in [0.1, 0.15) is 49.8 Å². The van der Waals surface area contributed by atoms with Gasteiger partial charge in [-0.15, -0.1) is 0 Å². The zero-order valence-corrected chi connectivity index (χ0v) is 17.4. The summed E-state index contributed by atoms with van der Waals surface area (Å²) in [4.78, 5) is 4.86. The number of nitrogens with one attached hydrogen (secondary N) is 2. The van der Waals surface area contributed by atoms with Gasteiger partial charge in [0.2, 0.25) is 0 Å². The first-order valence-corrected chi connectivity index (χ1v) is 11.3. The van der Waals surface area contributed by atoms with E-state index in [0.29, 0.717) is 5.92 Å². The first-order valence-electron chi connectivity index (χ1n) is 9.94. The van der Waals surface area contributed by atoms with Gasteiger partial charge >= 0.3 is 0 Å². The summed E-state index contributed by atoms with van der Waals surface area (Å²) in [5.74, 6) is 2.61. The van der Waals surface area contributed by atoms with Gasteiger partial charge in [-0.3, -0.25) is 4.99 Å². The molecule has 1 heterocycles. The van der Waals surface area contributed by atoms with E-state index in [1.807, 2.05) is 11.8 Å². The molecule has 0 amide bonds. The molecule has 2 rings (SSSR count). The third-order valence-electron chi connectivity index (χ3n) is 4.75. The average Bonchev–Trinajstić information content (AvgIpc) is 2.67. The van der Waals surface area contributed by atoms with Crippen molar-refractivity contribution < 1.29 is 4.74 Å². The van der Waals surface area contributed by atoms with Gasteiger partial charge < -0.3 is 15.4 Å². The van der Waals surface area contributed by atoms with Gasteiger partial charge in [-0.05, 0) is 57.1 Å². The van der Waals surface area contributed by atoms with Gasteiger partial charge in [0.1, 0.15) is 0 Å². The van der Waals surface area contributed by atoms with Gasteiger partial charge in [-0.25, -0.2) is 0 Å². The predicted molar refractivity (Wildman–Crippen MR) is 114 cm³/mol. The lowest BCUT2D eigenvalue weighted by Crippen LogP contribution is -2.38. The Kier molecular flexibility index (Phi) is 9.93. The van der Waals surface area contributed by atoms with Crippen molar-refractivity contribution in [1.82, 2.24) is 10.6 Å². The lowest BCUT2D eigenvalue weighted by atomic mass is 9.89. The molecule has 5 heteroatoms. The fourth-order valence-corrected chi connectivity index (χ4v) is 3.78. The molecule has 1 fully saturated rings. The molecule has 0 saturated carbocycles. The van der Waals surface area contributed by atoms with E-state index in [2.05, 4.69) is 55.0 Å². The highest BCUT2D eigenvalue weighted by molar-refractivity contribution is 7.98. The van der Waals surface area contributed by atoms with Crippen molar-refractivity contribution in [3.8, 4) is 0 Å². The monoisotopic (exact) mass is 377 g/mol. The summed E-state index contributed by atoms with van der Waals surface area (Å²) in [6.07, 6.45) is 7.06. The van der Waals surface area contributed by atoms with Gasteiger partial charge in [0.15, 0.2) is 5.96 Å². The van der Waals surface area contributed by atoms with Crippen LogP contribution in [-0.4, -0.2) is 44.2 Å². The van der Waals surface area contributed by atoms with E-state index in [0.717, 1.165) is 38.6 Å². The second-order valence-electron chi connectivity index (χ2n) is 6.95. The van der Waals surface area contributed by atoms with Crippen LogP contribution in [0.25, 0.3) is 0 Å². The maximum Gasteiger partial charge on any atom is 0.191 e. The SMILES string of the molecule is CCNC(=NCC1CCCOC1c1ccc(C)cc1)NCCCCSC. The van der Waals surface area contributed by atoms with Gasteiger partial charge in [0, 0.05) is 32.2 Å². The average molecular weight is 378 g/mol. The quantitative estimate of drug-likeness (QED) is 0.385. The van der Waals surface area contributed by atoms with Crippen LogP contribution < -0.4 is 10.6 Å². The number of hydrogen-bond acceptors (Lipinski definition) is 3. The topological polar surface area (TPSA) is 45.7 Å². The van der Waals surface area contributed by atoms with Gasteiger partial charge in [-0.1, -0.05) is 29.8 Å². The smallest absolute Gasteiger partial charge is 0.191 e. The maximum absolute atomic E-state index is 6.12. The minimum absolute atomic E-state index is 0.164. The van der Waals surface area contributed by atoms with Crippen molar-refractivity contribution in [2.45, 2.75) is 45.6 Å².